The summed E-state index contributed by atoms with van der Waals surface area (Å²) in [6.45, 7) is 7.01. The van der Waals surface area contributed by atoms with Crippen LogP contribution in [0.2, 0.25) is 0 Å². The Labute approximate surface area is 239 Å². The molecule has 2 aliphatic heterocycles. The molecule has 3 aromatic heterocycles. The van der Waals surface area contributed by atoms with Gasteiger partial charge in [-0.3, -0.25) is 19.8 Å². The van der Waals surface area contributed by atoms with Crippen molar-refractivity contribution >= 4 is 46.5 Å². The van der Waals surface area contributed by atoms with Crippen molar-refractivity contribution in [1.29, 1.82) is 0 Å². The second-order valence-electron chi connectivity index (χ2n) is 10.0. The molecule has 0 radical (unpaired) electrons. The zero-order valence-electron chi connectivity index (χ0n) is 22.9. The lowest BCUT2D eigenvalue weighted by Gasteiger charge is -2.28. The fourth-order valence-corrected chi connectivity index (χ4v) is 4.92. The predicted molar refractivity (Wildman–Crippen MR) is 155 cm³/mol. The van der Waals surface area contributed by atoms with Crippen LogP contribution < -0.4 is 15.5 Å². The molecule has 212 valence electrons. The number of rotatable bonds is 5. The van der Waals surface area contributed by atoms with Gasteiger partial charge in [-0.05, 0) is 74.4 Å². The molecule has 1 amide bonds. The smallest absolute Gasteiger partial charge is 0.323 e. The molecule has 2 aliphatic rings. The van der Waals surface area contributed by atoms with Crippen molar-refractivity contribution in [2.75, 3.05) is 28.6 Å². The Kier molecular flexibility index (Phi) is 6.68. The minimum absolute atomic E-state index is 0.331. The van der Waals surface area contributed by atoms with Gasteiger partial charge >= 0.3 is 6.18 Å². The summed E-state index contributed by atoms with van der Waals surface area (Å²) in [6.07, 6.45) is 0.0962. The second-order valence-corrected chi connectivity index (χ2v) is 10.0. The number of nitrogens with one attached hydrogen (secondary N) is 2. The van der Waals surface area contributed by atoms with E-state index in [2.05, 4.69) is 25.6 Å². The van der Waals surface area contributed by atoms with Gasteiger partial charge in [-0.1, -0.05) is 6.07 Å². The van der Waals surface area contributed by atoms with Crippen LogP contribution in [0.3, 0.4) is 0 Å². The number of pyridine rings is 2. The van der Waals surface area contributed by atoms with Gasteiger partial charge in [0, 0.05) is 41.5 Å². The largest absolute Gasteiger partial charge is 0.416 e. The Hall–Kier alpha value is -5.13. The number of amides is 1. The van der Waals surface area contributed by atoms with Crippen LogP contribution in [0, 0.1) is 20.8 Å². The van der Waals surface area contributed by atoms with E-state index < -0.39 is 17.6 Å². The van der Waals surface area contributed by atoms with Crippen molar-refractivity contribution in [3.05, 3.63) is 94.2 Å². The average molecular weight is 571 g/mol. The summed E-state index contributed by atoms with van der Waals surface area (Å²) in [4.78, 5) is 37.2. The quantitative estimate of drug-likeness (QED) is 0.304. The van der Waals surface area contributed by atoms with E-state index in [1.165, 1.54) is 0 Å². The van der Waals surface area contributed by atoms with E-state index in [4.69, 9.17) is 9.98 Å². The number of aryl methyl sites for hydroxylation is 3. The van der Waals surface area contributed by atoms with Gasteiger partial charge in [-0.2, -0.15) is 18.2 Å². The topological polar surface area (TPSA) is 108 Å². The van der Waals surface area contributed by atoms with Crippen molar-refractivity contribution < 1.29 is 18.0 Å². The van der Waals surface area contributed by atoms with Gasteiger partial charge in [-0.15, -0.1) is 0 Å². The Balaban J connectivity index is 1.31. The molecule has 0 fully saturated rings. The highest BCUT2D eigenvalue weighted by Crippen LogP contribution is 2.37. The SMILES string of the molecule is Cc1ccc(Nc2ncc3c(n2)N2CCN=C2C(c2cc(NC(=O)c4cc(C(F)(F)F)ccn4)ccc2C)=C3)c(C)n1. The van der Waals surface area contributed by atoms with E-state index in [9.17, 15) is 18.0 Å². The van der Waals surface area contributed by atoms with Gasteiger partial charge in [0.25, 0.3) is 5.91 Å². The number of halogens is 3. The maximum absolute atomic E-state index is 13.1. The van der Waals surface area contributed by atoms with Crippen LogP contribution in [0.1, 0.15) is 44.1 Å². The number of alkyl halides is 3. The Morgan fingerprint density at radius 2 is 1.83 bits per heavy atom. The lowest BCUT2D eigenvalue weighted by Crippen LogP contribution is -2.32. The molecule has 2 N–H and O–H groups in total. The first-order valence-electron chi connectivity index (χ1n) is 13.1. The molecule has 42 heavy (non-hydrogen) atoms. The highest BCUT2D eigenvalue weighted by molar-refractivity contribution is 6.36. The van der Waals surface area contributed by atoms with E-state index >= 15 is 0 Å². The molecule has 0 spiro atoms. The number of carbonyl (C=O) groups excluding carboxylic acids is 1. The predicted octanol–water partition coefficient (Wildman–Crippen LogP) is 5.98. The van der Waals surface area contributed by atoms with Crippen LogP contribution in [-0.4, -0.2) is 44.8 Å². The van der Waals surface area contributed by atoms with E-state index in [1.807, 2.05) is 49.9 Å². The standard InChI is InChI=1S/C30H25F3N8O/c1-16-4-6-21(38-28(42)25-13-20(8-9-34-25)30(31,32)33)14-22(16)23-12-19-15-36-29(39-24-7-5-17(2)37-18(24)3)40-26(19)41-11-10-35-27(23)41/h4-9,12-15H,10-11H2,1-3H3,(H,38,42)(H,36,39,40). The average Bonchev–Trinajstić information content (AvgIpc) is 3.45. The molecule has 0 bridgehead atoms. The molecule has 6 rings (SSSR count). The summed E-state index contributed by atoms with van der Waals surface area (Å²) < 4.78 is 39.4. The third-order valence-electron chi connectivity index (χ3n) is 7.01. The third kappa shape index (κ3) is 5.18. The van der Waals surface area contributed by atoms with Crippen molar-refractivity contribution in [3.8, 4) is 0 Å². The zero-order valence-corrected chi connectivity index (χ0v) is 22.9. The van der Waals surface area contributed by atoms with Gasteiger partial charge in [0.1, 0.15) is 17.3 Å². The van der Waals surface area contributed by atoms with Gasteiger partial charge in [0.2, 0.25) is 5.95 Å². The molecule has 5 heterocycles. The number of aliphatic imine (C=N–C) groups is 1. The number of anilines is 4. The number of nitrogens with zero attached hydrogens (tertiary/aromatic N) is 6. The van der Waals surface area contributed by atoms with Gasteiger partial charge < -0.3 is 15.5 Å². The first-order chi connectivity index (χ1) is 20.1. The van der Waals surface area contributed by atoms with Crippen molar-refractivity contribution in [3.63, 3.8) is 0 Å². The monoisotopic (exact) mass is 570 g/mol. The summed E-state index contributed by atoms with van der Waals surface area (Å²) in [7, 11) is 0. The fourth-order valence-electron chi connectivity index (χ4n) is 4.92. The number of aromatic nitrogens is 4. The minimum atomic E-state index is -4.58. The summed E-state index contributed by atoms with van der Waals surface area (Å²) >= 11 is 0. The van der Waals surface area contributed by atoms with Gasteiger partial charge in [0.15, 0.2) is 0 Å². The Morgan fingerprint density at radius 1 is 1.00 bits per heavy atom. The molecule has 0 unspecified atom stereocenters. The lowest BCUT2D eigenvalue weighted by atomic mass is 9.94. The fraction of sp³-hybridized carbons (Fsp3) is 0.200. The molecule has 9 nitrogen and oxygen atoms in total. The molecular weight excluding hydrogens is 545 g/mol. The van der Waals surface area contributed by atoms with E-state index in [1.54, 1.807) is 18.3 Å². The number of hydrogen-bond acceptors (Lipinski definition) is 8. The van der Waals surface area contributed by atoms with Crippen LogP contribution in [-0.2, 0) is 6.18 Å². The first kappa shape index (κ1) is 27.1. The Bertz CT molecular complexity index is 1800. The van der Waals surface area contributed by atoms with E-state index in [0.29, 0.717) is 24.7 Å². The maximum atomic E-state index is 13.1. The maximum Gasteiger partial charge on any atom is 0.416 e. The minimum Gasteiger partial charge on any atom is -0.323 e. The molecule has 0 atom stereocenters. The van der Waals surface area contributed by atoms with Crippen LogP contribution in [0.15, 0.2) is 59.9 Å². The van der Waals surface area contributed by atoms with Crippen LogP contribution in [0.25, 0.3) is 11.6 Å². The number of carbonyl (C=O) groups is 1. The number of benzene rings is 1. The van der Waals surface area contributed by atoms with Gasteiger partial charge in [0.05, 0.1) is 23.5 Å². The Morgan fingerprint density at radius 3 is 2.62 bits per heavy atom. The zero-order chi connectivity index (χ0) is 29.6. The highest BCUT2D eigenvalue weighted by Gasteiger charge is 2.32. The lowest BCUT2D eigenvalue weighted by molar-refractivity contribution is -0.137. The summed E-state index contributed by atoms with van der Waals surface area (Å²) in [6, 6.07) is 10.7. The molecular formula is C30H25F3N8O. The molecule has 0 saturated carbocycles. The molecule has 1 aromatic carbocycles. The highest BCUT2D eigenvalue weighted by atomic mass is 19.4. The number of fused-ring (bicyclic) bond motifs is 3. The number of hydrogen-bond donors (Lipinski definition) is 2. The van der Waals surface area contributed by atoms with Crippen molar-refractivity contribution in [1.82, 2.24) is 19.9 Å². The third-order valence-corrected chi connectivity index (χ3v) is 7.01. The van der Waals surface area contributed by atoms with Gasteiger partial charge in [-0.25, -0.2) is 4.98 Å². The van der Waals surface area contributed by atoms with Crippen molar-refractivity contribution in [2.24, 2.45) is 4.99 Å². The normalized spacial score (nSPS) is 14.1. The summed E-state index contributed by atoms with van der Waals surface area (Å²) in [5.41, 5.74) is 5.09. The van der Waals surface area contributed by atoms with Crippen LogP contribution >= 0.6 is 0 Å². The molecule has 0 aliphatic carbocycles. The van der Waals surface area contributed by atoms with E-state index in [0.717, 1.165) is 69.3 Å². The van der Waals surface area contributed by atoms with Crippen LogP contribution in [0.5, 0.6) is 0 Å². The van der Waals surface area contributed by atoms with E-state index in [-0.39, 0.29) is 5.69 Å². The van der Waals surface area contributed by atoms with Crippen molar-refractivity contribution in [2.45, 2.75) is 26.9 Å². The molecule has 0 saturated heterocycles. The van der Waals surface area contributed by atoms with Crippen LogP contribution in [0.4, 0.5) is 36.3 Å². The second kappa shape index (κ2) is 10.4. The number of amidine groups is 1. The molecule has 12 heteroatoms. The molecule has 4 aromatic rings. The first-order valence-corrected chi connectivity index (χ1v) is 13.1. The summed E-state index contributed by atoms with van der Waals surface area (Å²) in [5, 5.41) is 5.93. The summed E-state index contributed by atoms with van der Waals surface area (Å²) in [5.74, 6) is 1.16.